The summed E-state index contributed by atoms with van der Waals surface area (Å²) >= 11 is 0. The van der Waals surface area contributed by atoms with Crippen LogP contribution in [0, 0.1) is 0 Å². The largest absolute Gasteiger partial charge is 0.861 e. The zero-order chi connectivity index (χ0) is 19.5. The van der Waals surface area contributed by atoms with E-state index in [1.54, 1.807) is 12.1 Å². The van der Waals surface area contributed by atoms with Crippen LogP contribution in [-0.2, 0) is 21.2 Å². The van der Waals surface area contributed by atoms with Crippen molar-refractivity contribution in [2.75, 3.05) is 0 Å². The van der Waals surface area contributed by atoms with Crippen LogP contribution in [0.3, 0.4) is 0 Å². The zero-order valence-corrected chi connectivity index (χ0v) is 13.8. The molecule has 2 aromatic carbocycles. The molecular formula is C16H11F3NO5S-. The number of ether oxygens (including phenoxy) is 1. The maximum absolute atomic E-state index is 12.3. The highest BCUT2D eigenvalue weighted by molar-refractivity contribution is 7.91. The molecule has 0 N–H and O–H groups in total. The van der Waals surface area contributed by atoms with Crippen LogP contribution in [0.1, 0.15) is 5.56 Å². The Balaban J connectivity index is 2.44. The van der Waals surface area contributed by atoms with Gasteiger partial charge in [0.25, 0.3) is 0 Å². The van der Waals surface area contributed by atoms with Gasteiger partial charge >= 0.3 is 21.5 Å². The summed E-state index contributed by atoms with van der Waals surface area (Å²) in [5, 5.41) is 12.5. The molecule has 0 radical (unpaired) electrons. The van der Waals surface area contributed by atoms with E-state index in [4.69, 9.17) is 4.74 Å². The normalized spacial score (nSPS) is 12.8. The third kappa shape index (κ3) is 4.20. The molecule has 0 aliphatic heterocycles. The average Bonchev–Trinajstić information content (AvgIpc) is 2.54. The second-order valence-electron chi connectivity index (χ2n) is 4.98. The van der Waals surface area contributed by atoms with E-state index in [2.05, 4.69) is 11.0 Å². The van der Waals surface area contributed by atoms with Gasteiger partial charge in [0.05, 0.1) is 0 Å². The van der Waals surface area contributed by atoms with Crippen molar-refractivity contribution in [1.82, 2.24) is 0 Å². The second-order valence-corrected chi connectivity index (χ2v) is 6.57. The van der Waals surface area contributed by atoms with Crippen molar-refractivity contribution in [3.63, 3.8) is 0 Å². The molecule has 0 bridgehead atoms. The Kier molecular flexibility index (Phi) is 5.36. The molecule has 26 heavy (non-hydrogen) atoms. The van der Waals surface area contributed by atoms with E-state index >= 15 is 0 Å². The molecule has 0 heterocycles. The number of halogens is 3. The quantitative estimate of drug-likeness (QED) is 0.258. The van der Waals surface area contributed by atoms with E-state index in [0.29, 0.717) is 10.8 Å². The molecule has 0 saturated carbocycles. The number of alkyl halides is 3. The van der Waals surface area contributed by atoms with Crippen LogP contribution in [0.15, 0.2) is 53.5 Å². The molecule has 0 aromatic heterocycles. The van der Waals surface area contributed by atoms with Crippen molar-refractivity contribution < 1.29 is 36.2 Å². The van der Waals surface area contributed by atoms with Crippen LogP contribution in [0.25, 0.3) is 10.8 Å². The molecule has 0 spiro atoms. The molecule has 6 nitrogen and oxygen atoms in total. The van der Waals surface area contributed by atoms with Crippen LogP contribution in [0.4, 0.5) is 13.2 Å². The van der Waals surface area contributed by atoms with Crippen LogP contribution < -0.4 is 9.84 Å². The Morgan fingerprint density at radius 3 is 2.42 bits per heavy atom. The second kappa shape index (κ2) is 7.16. The molecule has 0 saturated heterocycles. The third-order valence-corrected chi connectivity index (χ3v) is 4.23. The third-order valence-electron chi connectivity index (χ3n) is 3.21. The number of rotatable bonds is 5. The van der Waals surface area contributed by atoms with Crippen LogP contribution in [0.2, 0.25) is 0 Å². The van der Waals surface area contributed by atoms with Gasteiger partial charge in [-0.1, -0.05) is 36.9 Å². The first-order chi connectivity index (χ1) is 12.0. The summed E-state index contributed by atoms with van der Waals surface area (Å²) in [5.41, 5.74) is -5.42. The van der Waals surface area contributed by atoms with Gasteiger partial charge in [-0.3, -0.25) is 0 Å². The number of sulfonamides is 1. The molecule has 0 aliphatic carbocycles. The first kappa shape index (κ1) is 19.4. The Labute approximate surface area is 146 Å². The molecule has 10 heteroatoms. The predicted octanol–water partition coefficient (Wildman–Crippen LogP) is 2.08. The molecule has 0 atom stereocenters. The molecule has 0 unspecified atom stereocenters. The van der Waals surface area contributed by atoms with E-state index in [1.165, 1.54) is 24.3 Å². The standard InChI is InChI=1S/C16H12F3NO5S/c1-2-15(22)25-13-8-4-6-11-10(5-3-7-12(11)13)9-14(21)20-26(23,24)16(17,18)19/h2-8H,1,9H2,(H,20,21)/p-1. The smallest absolute Gasteiger partial charge is 0.518 e. The molecule has 2 rings (SSSR count). The summed E-state index contributed by atoms with van der Waals surface area (Å²) in [4.78, 5) is 11.4. The minimum atomic E-state index is -5.90. The molecule has 0 amide bonds. The molecule has 138 valence electrons. The van der Waals surface area contributed by atoms with Gasteiger partial charge in [0.15, 0.2) is 0 Å². The SMILES string of the molecule is C=CC(=O)Oc1cccc2c(CC([O-])=NS(=O)(=O)C(F)(F)F)cccc12. The number of nitrogens with zero attached hydrogens (tertiary/aromatic N) is 1. The number of esters is 1. The first-order valence-corrected chi connectivity index (χ1v) is 8.41. The fourth-order valence-electron chi connectivity index (χ4n) is 2.12. The topological polar surface area (TPSA) is 95.9 Å². The zero-order valence-electron chi connectivity index (χ0n) is 13.0. The van der Waals surface area contributed by atoms with Gasteiger partial charge < -0.3 is 9.84 Å². The van der Waals surface area contributed by atoms with Crippen molar-refractivity contribution in [3.8, 4) is 5.75 Å². The van der Waals surface area contributed by atoms with E-state index in [9.17, 15) is 31.5 Å². The summed E-state index contributed by atoms with van der Waals surface area (Å²) in [5.74, 6) is -2.03. The van der Waals surface area contributed by atoms with Crippen molar-refractivity contribution in [3.05, 3.63) is 54.6 Å². The number of carbonyl (C=O) groups is 1. The lowest BCUT2D eigenvalue weighted by Gasteiger charge is -2.14. The van der Waals surface area contributed by atoms with Gasteiger partial charge in [-0.05, 0) is 22.9 Å². The Morgan fingerprint density at radius 1 is 1.19 bits per heavy atom. The fraction of sp³-hybridized carbons (Fsp3) is 0.125. The number of benzene rings is 2. The van der Waals surface area contributed by atoms with Gasteiger partial charge in [-0.2, -0.15) is 26.0 Å². The van der Waals surface area contributed by atoms with E-state index < -0.39 is 33.8 Å². The lowest BCUT2D eigenvalue weighted by Crippen LogP contribution is -2.27. The van der Waals surface area contributed by atoms with Gasteiger partial charge in [0, 0.05) is 17.9 Å². The van der Waals surface area contributed by atoms with E-state index in [1.807, 2.05) is 0 Å². The first-order valence-electron chi connectivity index (χ1n) is 6.97. The highest BCUT2D eigenvalue weighted by Gasteiger charge is 2.45. The van der Waals surface area contributed by atoms with Gasteiger partial charge in [-0.25, -0.2) is 4.79 Å². The number of hydrogen-bond donors (Lipinski definition) is 0. The number of fused-ring (bicyclic) bond motifs is 1. The van der Waals surface area contributed by atoms with Crippen LogP contribution in [0.5, 0.6) is 5.75 Å². The van der Waals surface area contributed by atoms with Crippen molar-refractivity contribution >= 4 is 32.7 Å². The Hall–Kier alpha value is -2.88. The molecule has 2 aromatic rings. The van der Waals surface area contributed by atoms with Gasteiger partial charge in [0.2, 0.25) is 0 Å². The minimum Gasteiger partial charge on any atom is -0.861 e. The lowest BCUT2D eigenvalue weighted by atomic mass is 10.0. The van der Waals surface area contributed by atoms with Gasteiger partial charge in [0.1, 0.15) is 5.75 Å². The maximum Gasteiger partial charge on any atom is 0.518 e. The van der Waals surface area contributed by atoms with E-state index in [0.717, 1.165) is 6.08 Å². The van der Waals surface area contributed by atoms with E-state index in [-0.39, 0.29) is 11.3 Å². The highest BCUT2D eigenvalue weighted by atomic mass is 32.2. The maximum atomic E-state index is 12.3. The average molecular weight is 386 g/mol. The fourth-order valence-corrected chi connectivity index (χ4v) is 2.56. The Bertz CT molecular complexity index is 997. The van der Waals surface area contributed by atoms with Crippen LogP contribution in [-0.4, -0.2) is 25.8 Å². The molecule has 0 fully saturated rings. The highest BCUT2D eigenvalue weighted by Crippen LogP contribution is 2.29. The number of carbonyl (C=O) groups excluding carboxylic acids is 1. The molecular weight excluding hydrogens is 375 g/mol. The summed E-state index contributed by atoms with van der Waals surface area (Å²) in [7, 11) is -5.90. The minimum absolute atomic E-state index is 0.154. The number of hydrogen-bond acceptors (Lipinski definition) is 5. The summed E-state index contributed by atoms with van der Waals surface area (Å²) in [6, 6.07) is 9.00. The van der Waals surface area contributed by atoms with Crippen molar-refractivity contribution in [2.45, 2.75) is 11.9 Å². The summed E-state index contributed by atoms with van der Waals surface area (Å²) < 4.78 is 66.1. The van der Waals surface area contributed by atoms with Crippen molar-refractivity contribution in [2.24, 2.45) is 4.40 Å². The summed E-state index contributed by atoms with van der Waals surface area (Å²) in [6.45, 7) is 3.27. The lowest BCUT2D eigenvalue weighted by molar-refractivity contribution is -0.217. The summed E-state index contributed by atoms with van der Waals surface area (Å²) in [6.07, 6.45) is 0.276. The van der Waals surface area contributed by atoms with Crippen LogP contribution >= 0.6 is 0 Å². The Morgan fingerprint density at radius 2 is 1.81 bits per heavy atom. The van der Waals surface area contributed by atoms with Gasteiger partial charge in [-0.15, -0.1) is 0 Å². The molecule has 0 aliphatic rings. The predicted molar refractivity (Wildman–Crippen MR) is 85.9 cm³/mol. The monoisotopic (exact) mass is 386 g/mol. The van der Waals surface area contributed by atoms with Crippen molar-refractivity contribution in [1.29, 1.82) is 0 Å².